The number of aromatic nitrogens is 3. The van der Waals surface area contributed by atoms with Gasteiger partial charge in [-0.1, -0.05) is 140 Å². The number of fused-ring (bicyclic) bond motifs is 1. The second-order valence-corrected chi connectivity index (χ2v) is 12.0. The summed E-state index contributed by atoms with van der Waals surface area (Å²) in [6.07, 6.45) is 6.58. The van der Waals surface area contributed by atoms with E-state index in [1.807, 2.05) is 84.1 Å². The summed E-state index contributed by atoms with van der Waals surface area (Å²) < 4.78 is 0. The lowest BCUT2D eigenvalue weighted by atomic mass is 9.89. The van der Waals surface area contributed by atoms with Crippen LogP contribution in [0.15, 0.2) is 133 Å². The van der Waals surface area contributed by atoms with E-state index >= 15 is 0 Å². The molecule has 45 heavy (non-hydrogen) atoms. The van der Waals surface area contributed by atoms with Crippen LogP contribution in [-0.2, 0) is 6.42 Å². The Bertz CT molecular complexity index is 2080. The molecule has 4 heteroatoms. The van der Waals surface area contributed by atoms with E-state index in [2.05, 4.69) is 78.9 Å². The minimum atomic E-state index is 0.647. The van der Waals surface area contributed by atoms with E-state index in [0.717, 1.165) is 46.2 Å². The zero-order valence-corrected chi connectivity index (χ0v) is 25.3. The molecule has 0 saturated carbocycles. The fraction of sp³-hybridized carbons (Fsp3) is 0.0488. The predicted octanol–water partition coefficient (Wildman–Crippen LogP) is 10.5. The van der Waals surface area contributed by atoms with Gasteiger partial charge in [0, 0.05) is 37.6 Å². The van der Waals surface area contributed by atoms with Gasteiger partial charge >= 0.3 is 0 Å². The van der Waals surface area contributed by atoms with E-state index in [1.54, 1.807) is 0 Å². The average molecular weight is 594 g/mol. The Morgan fingerprint density at radius 1 is 0.556 bits per heavy atom. The van der Waals surface area contributed by atoms with Crippen LogP contribution in [0.25, 0.3) is 72.2 Å². The van der Waals surface area contributed by atoms with Crippen LogP contribution in [0.2, 0.25) is 0 Å². The molecule has 0 unspecified atom stereocenters. The molecule has 1 aliphatic rings. The van der Waals surface area contributed by atoms with Crippen molar-refractivity contribution in [2.45, 2.75) is 12.8 Å². The Kier molecular flexibility index (Phi) is 7.07. The van der Waals surface area contributed by atoms with Gasteiger partial charge < -0.3 is 0 Å². The zero-order chi connectivity index (χ0) is 30.0. The van der Waals surface area contributed by atoms with E-state index in [4.69, 9.17) is 15.0 Å². The molecule has 0 amide bonds. The third-order valence-electron chi connectivity index (χ3n) is 8.10. The summed E-state index contributed by atoms with van der Waals surface area (Å²) in [5.74, 6) is 1.95. The van der Waals surface area contributed by atoms with Crippen LogP contribution in [0, 0.1) is 12.1 Å². The summed E-state index contributed by atoms with van der Waals surface area (Å²) in [5.41, 5.74) is 9.98. The molecule has 0 saturated heterocycles. The van der Waals surface area contributed by atoms with Crippen molar-refractivity contribution < 1.29 is 0 Å². The van der Waals surface area contributed by atoms with Crippen molar-refractivity contribution in [3.05, 3.63) is 157 Å². The lowest BCUT2D eigenvalue weighted by Crippen LogP contribution is -2.02. The molecule has 0 atom stereocenters. The zero-order valence-electron chi connectivity index (χ0n) is 24.4. The van der Waals surface area contributed by atoms with E-state index in [0.29, 0.717) is 17.5 Å². The van der Waals surface area contributed by atoms with E-state index in [-0.39, 0.29) is 0 Å². The standard InChI is InChI=1S/C41H27N3S/c1-5-16-28(17-6-1)32-26-15-27-35(36(32)38-34-25-14-13-24-33(34)37(45-38)29-18-7-2-8-19-29)41-43-39(30-20-9-3-10-21-30)42-40(44-41)31-22-11-4-12-23-31/h1-5,7-13,15-16,18-24,26-27H,14,25H2. The third-order valence-corrected chi connectivity index (χ3v) is 9.42. The summed E-state index contributed by atoms with van der Waals surface area (Å²) in [4.78, 5) is 17.8. The van der Waals surface area contributed by atoms with Crippen molar-refractivity contribution in [3.8, 4) is 66.2 Å². The first-order chi connectivity index (χ1) is 22.3. The largest absolute Gasteiger partial charge is 0.208 e. The van der Waals surface area contributed by atoms with Crippen molar-refractivity contribution in [1.82, 2.24) is 15.0 Å². The summed E-state index contributed by atoms with van der Waals surface area (Å²) in [7, 11) is 0. The molecule has 212 valence electrons. The van der Waals surface area contributed by atoms with Crippen molar-refractivity contribution in [2.75, 3.05) is 0 Å². The SMILES string of the molecule is c1cccc(-c2cccc(-c3nc(-c4ccccc4)nc(-c4ccccc4)n3)c2-c2sc(-c3ccccc3)c3c2CCC=C3)c#1. The number of hydrogen-bond donors (Lipinski definition) is 0. The highest BCUT2D eigenvalue weighted by Crippen LogP contribution is 2.50. The maximum Gasteiger partial charge on any atom is 0.164 e. The quantitative estimate of drug-likeness (QED) is 0.193. The smallest absolute Gasteiger partial charge is 0.164 e. The molecule has 2 aromatic heterocycles. The van der Waals surface area contributed by atoms with Gasteiger partial charge in [-0.05, 0) is 47.2 Å². The van der Waals surface area contributed by atoms with Gasteiger partial charge in [0.15, 0.2) is 17.5 Å². The minimum absolute atomic E-state index is 0.647. The highest BCUT2D eigenvalue weighted by molar-refractivity contribution is 7.19. The van der Waals surface area contributed by atoms with Gasteiger partial charge in [-0.15, -0.1) is 11.3 Å². The lowest BCUT2D eigenvalue weighted by molar-refractivity contribution is 0.996. The Hall–Kier alpha value is -5.63. The van der Waals surface area contributed by atoms with Gasteiger partial charge in [0.05, 0.1) is 0 Å². The van der Waals surface area contributed by atoms with Gasteiger partial charge in [0.25, 0.3) is 0 Å². The monoisotopic (exact) mass is 593 g/mol. The maximum absolute atomic E-state index is 5.15. The molecule has 5 aromatic carbocycles. The molecule has 0 radical (unpaired) electrons. The number of allylic oxidation sites excluding steroid dienone is 1. The second-order valence-electron chi connectivity index (χ2n) is 10.9. The van der Waals surface area contributed by atoms with Gasteiger partial charge in [-0.25, -0.2) is 15.0 Å². The second kappa shape index (κ2) is 11.8. The molecular formula is C41H27N3S. The average Bonchev–Trinajstić information content (AvgIpc) is 3.52. The summed E-state index contributed by atoms with van der Waals surface area (Å²) in [6.45, 7) is 0. The first-order valence-electron chi connectivity index (χ1n) is 15.1. The van der Waals surface area contributed by atoms with Crippen LogP contribution < -0.4 is 0 Å². The van der Waals surface area contributed by atoms with Crippen LogP contribution in [-0.4, -0.2) is 15.0 Å². The molecule has 1 aliphatic carbocycles. The predicted molar refractivity (Wildman–Crippen MR) is 185 cm³/mol. The molecule has 0 spiro atoms. The fourth-order valence-corrected chi connectivity index (χ4v) is 7.40. The number of hydrogen-bond acceptors (Lipinski definition) is 4. The van der Waals surface area contributed by atoms with Crippen LogP contribution in [0.4, 0.5) is 0 Å². The van der Waals surface area contributed by atoms with Crippen molar-refractivity contribution in [2.24, 2.45) is 0 Å². The van der Waals surface area contributed by atoms with Crippen molar-refractivity contribution in [3.63, 3.8) is 0 Å². The van der Waals surface area contributed by atoms with E-state index in [9.17, 15) is 0 Å². The van der Waals surface area contributed by atoms with Crippen LogP contribution >= 0.6 is 11.3 Å². The molecular weight excluding hydrogens is 567 g/mol. The molecule has 0 N–H and O–H groups in total. The van der Waals surface area contributed by atoms with E-state index < -0.39 is 0 Å². The van der Waals surface area contributed by atoms with Gasteiger partial charge in [0.1, 0.15) is 0 Å². The summed E-state index contributed by atoms with van der Waals surface area (Å²) in [6, 6.07) is 50.0. The minimum Gasteiger partial charge on any atom is -0.208 e. The Morgan fingerprint density at radius 3 is 1.82 bits per heavy atom. The molecule has 2 heterocycles. The summed E-state index contributed by atoms with van der Waals surface area (Å²) in [5, 5.41) is 0. The molecule has 7 aromatic rings. The molecule has 0 aliphatic heterocycles. The highest BCUT2D eigenvalue weighted by Gasteiger charge is 2.26. The van der Waals surface area contributed by atoms with Gasteiger partial charge in [0.2, 0.25) is 0 Å². The van der Waals surface area contributed by atoms with Crippen LogP contribution in [0.1, 0.15) is 17.5 Å². The molecule has 8 rings (SSSR count). The normalized spacial score (nSPS) is 12.0. The van der Waals surface area contributed by atoms with Gasteiger partial charge in [-0.2, -0.15) is 0 Å². The fourth-order valence-electron chi connectivity index (χ4n) is 5.98. The van der Waals surface area contributed by atoms with E-state index in [1.165, 1.54) is 26.4 Å². The first-order valence-corrected chi connectivity index (χ1v) is 15.9. The summed E-state index contributed by atoms with van der Waals surface area (Å²) >= 11 is 1.85. The maximum atomic E-state index is 5.15. The van der Waals surface area contributed by atoms with Crippen LogP contribution in [0.5, 0.6) is 0 Å². The third kappa shape index (κ3) is 5.14. The lowest BCUT2D eigenvalue weighted by Gasteiger charge is -2.17. The number of benzene rings is 4. The molecule has 0 fully saturated rings. The number of thiophene rings is 1. The topological polar surface area (TPSA) is 38.7 Å². The van der Waals surface area contributed by atoms with Crippen molar-refractivity contribution in [1.29, 1.82) is 0 Å². The van der Waals surface area contributed by atoms with Crippen molar-refractivity contribution >= 4 is 17.4 Å². The Morgan fingerprint density at radius 2 is 1.18 bits per heavy atom. The number of rotatable bonds is 6. The molecule has 3 nitrogen and oxygen atoms in total. The van der Waals surface area contributed by atoms with Gasteiger partial charge in [-0.3, -0.25) is 0 Å². The Balaban J connectivity index is 1.43. The molecule has 0 bridgehead atoms. The number of nitrogens with zero attached hydrogens (tertiary/aromatic N) is 3. The van der Waals surface area contributed by atoms with Crippen LogP contribution in [0.3, 0.4) is 0 Å². The first kappa shape index (κ1) is 27.0. The Labute approximate surface area is 267 Å². The highest BCUT2D eigenvalue weighted by atomic mass is 32.1.